The van der Waals surface area contributed by atoms with E-state index in [1.54, 1.807) is 26.4 Å². The summed E-state index contributed by atoms with van der Waals surface area (Å²) in [7, 11) is 3.26. The van der Waals surface area contributed by atoms with Crippen molar-refractivity contribution in [3.63, 3.8) is 0 Å². The van der Waals surface area contributed by atoms with E-state index >= 15 is 0 Å². The van der Waals surface area contributed by atoms with Crippen LogP contribution in [-0.2, 0) is 0 Å². The SMILES string of the molecule is COc1ccc(C(N[C@H](C)c2ccc(OC)cc2)c2cccc([N+](=O)[O-])c2)cc1. The highest BCUT2D eigenvalue weighted by molar-refractivity contribution is 5.41. The quantitative estimate of drug-likeness (QED) is 0.429. The average molecular weight is 392 g/mol. The van der Waals surface area contributed by atoms with Crippen LogP contribution in [0, 0.1) is 10.1 Å². The van der Waals surface area contributed by atoms with Gasteiger partial charge in [-0.05, 0) is 47.9 Å². The fraction of sp³-hybridized carbons (Fsp3) is 0.217. The molecule has 0 radical (unpaired) electrons. The second-order valence-electron chi connectivity index (χ2n) is 6.72. The molecule has 2 atom stereocenters. The zero-order valence-corrected chi connectivity index (χ0v) is 16.7. The van der Waals surface area contributed by atoms with E-state index in [0.717, 1.165) is 28.2 Å². The summed E-state index contributed by atoms with van der Waals surface area (Å²) in [5, 5.41) is 14.9. The maximum Gasteiger partial charge on any atom is 0.269 e. The summed E-state index contributed by atoms with van der Waals surface area (Å²) >= 11 is 0. The van der Waals surface area contributed by atoms with Crippen LogP contribution >= 0.6 is 0 Å². The van der Waals surface area contributed by atoms with Crippen LogP contribution in [0.2, 0.25) is 0 Å². The van der Waals surface area contributed by atoms with E-state index in [1.807, 2.05) is 54.6 Å². The molecule has 6 nitrogen and oxygen atoms in total. The van der Waals surface area contributed by atoms with Gasteiger partial charge in [0.2, 0.25) is 0 Å². The summed E-state index contributed by atoms with van der Waals surface area (Å²) < 4.78 is 10.5. The van der Waals surface area contributed by atoms with E-state index in [4.69, 9.17) is 9.47 Å². The Balaban J connectivity index is 1.95. The second-order valence-corrected chi connectivity index (χ2v) is 6.72. The van der Waals surface area contributed by atoms with Crippen LogP contribution in [0.1, 0.15) is 35.7 Å². The molecule has 0 aliphatic heterocycles. The zero-order valence-electron chi connectivity index (χ0n) is 16.7. The van der Waals surface area contributed by atoms with Crippen LogP contribution in [0.3, 0.4) is 0 Å². The van der Waals surface area contributed by atoms with Crippen LogP contribution in [0.5, 0.6) is 11.5 Å². The van der Waals surface area contributed by atoms with E-state index in [-0.39, 0.29) is 22.7 Å². The van der Waals surface area contributed by atoms with E-state index in [9.17, 15) is 10.1 Å². The Morgan fingerprint density at radius 2 is 1.38 bits per heavy atom. The molecule has 3 rings (SSSR count). The molecule has 0 spiro atoms. The molecule has 6 heteroatoms. The summed E-state index contributed by atoms with van der Waals surface area (Å²) in [5.41, 5.74) is 2.98. The summed E-state index contributed by atoms with van der Waals surface area (Å²) in [6.07, 6.45) is 0. The number of hydrogen-bond acceptors (Lipinski definition) is 5. The van der Waals surface area contributed by atoms with Crippen LogP contribution in [0.15, 0.2) is 72.8 Å². The highest BCUT2D eigenvalue weighted by atomic mass is 16.6. The molecule has 1 N–H and O–H groups in total. The molecule has 150 valence electrons. The molecule has 0 heterocycles. The van der Waals surface area contributed by atoms with Crippen LogP contribution < -0.4 is 14.8 Å². The maximum atomic E-state index is 11.3. The monoisotopic (exact) mass is 392 g/mol. The van der Waals surface area contributed by atoms with Crippen LogP contribution in [-0.4, -0.2) is 19.1 Å². The first-order valence-electron chi connectivity index (χ1n) is 9.30. The Morgan fingerprint density at radius 1 is 0.828 bits per heavy atom. The Hall–Kier alpha value is -3.38. The topological polar surface area (TPSA) is 73.6 Å². The lowest BCUT2D eigenvalue weighted by atomic mass is 9.96. The predicted octanol–water partition coefficient (Wildman–Crippen LogP) is 5.05. The maximum absolute atomic E-state index is 11.3. The van der Waals surface area contributed by atoms with E-state index in [0.29, 0.717) is 0 Å². The van der Waals surface area contributed by atoms with Crippen LogP contribution in [0.25, 0.3) is 0 Å². The summed E-state index contributed by atoms with van der Waals surface area (Å²) in [4.78, 5) is 10.9. The first-order valence-corrected chi connectivity index (χ1v) is 9.30. The van der Waals surface area contributed by atoms with Gasteiger partial charge in [0.1, 0.15) is 11.5 Å². The van der Waals surface area contributed by atoms with Crippen molar-refractivity contribution in [3.05, 3.63) is 99.6 Å². The van der Waals surface area contributed by atoms with Gasteiger partial charge in [-0.15, -0.1) is 0 Å². The molecule has 3 aromatic rings. The van der Waals surface area contributed by atoms with Crippen molar-refractivity contribution in [1.29, 1.82) is 0 Å². The van der Waals surface area contributed by atoms with E-state index in [2.05, 4.69) is 12.2 Å². The normalized spacial score (nSPS) is 12.8. The standard InChI is InChI=1S/C23H24N2O4/c1-16(17-7-11-21(28-2)12-8-17)24-23(18-9-13-22(29-3)14-10-18)19-5-4-6-20(15-19)25(26)27/h4-16,23-24H,1-3H3/t16-,23?/m1/s1. The van der Waals surface area contributed by atoms with Crippen LogP contribution in [0.4, 0.5) is 5.69 Å². The number of methoxy groups -OCH3 is 2. The van der Waals surface area contributed by atoms with Gasteiger partial charge >= 0.3 is 0 Å². The van der Waals surface area contributed by atoms with Gasteiger partial charge in [0, 0.05) is 18.2 Å². The largest absolute Gasteiger partial charge is 0.497 e. The number of nitrogens with zero attached hydrogens (tertiary/aromatic N) is 1. The second kappa shape index (κ2) is 9.21. The minimum Gasteiger partial charge on any atom is -0.497 e. The molecular weight excluding hydrogens is 368 g/mol. The van der Waals surface area contributed by atoms with Gasteiger partial charge in [-0.3, -0.25) is 15.4 Å². The Labute approximate surface area is 170 Å². The lowest BCUT2D eigenvalue weighted by molar-refractivity contribution is -0.384. The van der Waals surface area contributed by atoms with Crippen molar-refractivity contribution < 1.29 is 14.4 Å². The summed E-state index contributed by atoms with van der Waals surface area (Å²) in [6, 6.07) is 22.1. The number of benzene rings is 3. The van der Waals surface area contributed by atoms with Gasteiger partial charge in [-0.2, -0.15) is 0 Å². The van der Waals surface area contributed by atoms with Crippen molar-refractivity contribution >= 4 is 5.69 Å². The van der Waals surface area contributed by atoms with Gasteiger partial charge in [0.25, 0.3) is 5.69 Å². The molecule has 29 heavy (non-hydrogen) atoms. The number of nitro groups is 1. The average Bonchev–Trinajstić information content (AvgIpc) is 2.77. The molecule has 0 aliphatic carbocycles. The molecule has 0 aliphatic rings. The summed E-state index contributed by atoms with van der Waals surface area (Å²) in [5.74, 6) is 1.56. The van der Waals surface area contributed by atoms with Gasteiger partial charge < -0.3 is 9.47 Å². The van der Waals surface area contributed by atoms with Gasteiger partial charge in [-0.25, -0.2) is 0 Å². The number of nitrogens with one attached hydrogen (secondary N) is 1. The highest BCUT2D eigenvalue weighted by Gasteiger charge is 2.20. The first kappa shape index (κ1) is 20.4. The number of ether oxygens (including phenoxy) is 2. The Bertz CT molecular complexity index is 955. The third-order valence-electron chi connectivity index (χ3n) is 4.90. The minimum atomic E-state index is -0.374. The molecular formula is C23H24N2O4. The number of nitro benzene ring substituents is 1. The number of rotatable bonds is 8. The van der Waals surface area contributed by atoms with E-state index in [1.165, 1.54) is 6.07 Å². The molecule has 0 bridgehead atoms. The fourth-order valence-corrected chi connectivity index (χ4v) is 3.24. The molecule has 0 aromatic heterocycles. The highest BCUT2D eigenvalue weighted by Crippen LogP contribution is 2.30. The van der Waals surface area contributed by atoms with Crippen molar-refractivity contribution in [2.45, 2.75) is 19.0 Å². The van der Waals surface area contributed by atoms with Gasteiger partial charge in [0.15, 0.2) is 0 Å². The fourth-order valence-electron chi connectivity index (χ4n) is 3.24. The number of hydrogen-bond donors (Lipinski definition) is 1. The minimum absolute atomic E-state index is 0.00673. The summed E-state index contributed by atoms with van der Waals surface area (Å²) in [6.45, 7) is 2.07. The van der Waals surface area contributed by atoms with Crippen molar-refractivity contribution in [2.75, 3.05) is 14.2 Å². The molecule has 0 fully saturated rings. The smallest absolute Gasteiger partial charge is 0.269 e. The zero-order chi connectivity index (χ0) is 20.8. The van der Waals surface area contributed by atoms with Crippen molar-refractivity contribution in [1.82, 2.24) is 5.32 Å². The third kappa shape index (κ3) is 4.92. The lowest BCUT2D eigenvalue weighted by Crippen LogP contribution is -2.25. The molecule has 0 saturated carbocycles. The molecule has 0 amide bonds. The van der Waals surface area contributed by atoms with E-state index < -0.39 is 0 Å². The van der Waals surface area contributed by atoms with Gasteiger partial charge in [0.05, 0.1) is 25.2 Å². The number of non-ortho nitro benzene ring substituents is 1. The van der Waals surface area contributed by atoms with Gasteiger partial charge in [-0.1, -0.05) is 36.4 Å². The molecule has 0 saturated heterocycles. The predicted molar refractivity (Wildman–Crippen MR) is 112 cm³/mol. The third-order valence-corrected chi connectivity index (χ3v) is 4.90. The van der Waals surface area contributed by atoms with Crippen molar-refractivity contribution in [2.24, 2.45) is 0 Å². The van der Waals surface area contributed by atoms with Crippen molar-refractivity contribution in [3.8, 4) is 11.5 Å². The molecule has 1 unspecified atom stereocenters. The Kier molecular flexibility index (Phi) is 6.46. The lowest BCUT2D eigenvalue weighted by Gasteiger charge is -2.25. The first-order chi connectivity index (χ1) is 14.0. The molecule has 3 aromatic carbocycles. The Morgan fingerprint density at radius 3 is 1.90 bits per heavy atom.